The maximum absolute atomic E-state index is 11.5. The highest BCUT2D eigenvalue weighted by molar-refractivity contribution is 9.10. The predicted molar refractivity (Wildman–Crippen MR) is 110 cm³/mol. The highest BCUT2D eigenvalue weighted by atomic mass is 127. The summed E-state index contributed by atoms with van der Waals surface area (Å²) in [4.78, 5) is 7.11. The lowest BCUT2D eigenvalue weighted by Gasteiger charge is -2.36. The first-order chi connectivity index (χ1) is 13.7. The van der Waals surface area contributed by atoms with E-state index in [1.54, 1.807) is 23.0 Å². The SMILES string of the molecule is [I-].[O-][n+]1cccc(CNc2cc(N3CCCC[C@H]3CCO)nc3c(Br)cnn23)c1. The van der Waals surface area contributed by atoms with Crippen LogP contribution in [0.3, 0.4) is 0 Å². The van der Waals surface area contributed by atoms with E-state index < -0.39 is 0 Å². The molecule has 0 unspecified atom stereocenters. The zero-order valence-electron chi connectivity index (χ0n) is 15.8. The molecule has 3 aromatic heterocycles. The van der Waals surface area contributed by atoms with Crippen molar-refractivity contribution in [2.24, 2.45) is 0 Å². The van der Waals surface area contributed by atoms with Gasteiger partial charge in [0.15, 0.2) is 18.0 Å². The number of pyridine rings is 1. The van der Waals surface area contributed by atoms with Gasteiger partial charge in [-0.15, -0.1) is 0 Å². The smallest absolute Gasteiger partial charge is 0.185 e. The Balaban J connectivity index is 0.00000240. The summed E-state index contributed by atoms with van der Waals surface area (Å²) in [6.45, 7) is 1.60. The van der Waals surface area contributed by atoms with E-state index in [0.29, 0.717) is 6.54 Å². The molecule has 1 atom stereocenters. The summed E-state index contributed by atoms with van der Waals surface area (Å²) in [6, 6.07) is 5.92. The molecule has 156 valence electrons. The molecular weight excluding hydrogens is 551 g/mol. The molecule has 10 heteroatoms. The van der Waals surface area contributed by atoms with Gasteiger partial charge in [0.05, 0.1) is 10.7 Å². The Morgan fingerprint density at radius 3 is 3.03 bits per heavy atom. The Morgan fingerprint density at radius 1 is 1.38 bits per heavy atom. The van der Waals surface area contributed by atoms with Crippen LogP contribution in [0.15, 0.2) is 41.3 Å². The van der Waals surface area contributed by atoms with Gasteiger partial charge in [0.2, 0.25) is 0 Å². The van der Waals surface area contributed by atoms with Gasteiger partial charge in [-0.25, -0.2) is 4.98 Å². The van der Waals surface area contributed by atoms with Crippen LogP contribution in [-0.2, 0) is 6.54 Å². The van der Waals surface area contributed by atoms with Gasteiger partial charge in [-0.1, -0.05) is 0 Å². The number of aromatic nitrogens is 4. The van der Waals surface area contributed by atoms with Crippen molar-refractivity contribution in [3.63, 3.8) is 0 Å². The van der Waals surface area contributed by atoms with E-state index >= 15 is 0 Å². The fourth-order valence-electron chi connectivity index (χ4n) is 3.75. The van der Waals surface area contributed by atoms with E-state index in [4.69, 9.17) is 4.98 Å². The third kappa shape index (κ3) is 4.92. The second kappa shape index (κ2) is 9.90. The molecule has 0 aliphatic carbocycles. The standard InChI is InChI=1S/C19H23BrN6O2.HI/c20-16-12-22-26-17(21-11-14-4-3-7-24(28)13-14)10-18(23-19(16)26)25-8-2-1-5-15(25)6-9-27;/h3-4,7,10,12-13,15,21,27H,1-2,5-6,8-9,11H2;1H/p-1/t15-;/m0./s1. The summed E-state index contributed by atoms with van der Waals surface area (Å²) in [5, 5.41) is 28.7. The first-order valence-corrected chi connectivity index (χ1v) is 10.3. The van der Waals surface area contributed by atoms with Crippen LogP contribution >= 0.6 is 15.9 Å². The lowest BCUT2D eigenvalue weighted by Crippen LogP contribution is -3.00. The normalized spacial score (nSPS) is 16.6. The lowest BCUT2D eigenvalue weighted by molar-refractivity contribution is -0.605. The maximum Gasteiger partial charge on any atom is 0.185 e. The monoisotopic (exact) mass is 573 g/mol. The molecule has 0 radical (unpaired) electrons. The van der Waals surface area contributed by atoms with E-state index in [-0.39, 0.29) is 36.6 Å². The quantitative estimate of drug-likeness (QED) is 0.234. The number of hydrogen-bond acceptors (Lipinski definition) is 6. The van der Waals surface area contributed by atoms with Gasteiger partial charge >= 0.3 is 0 Å². The molecule has 0 aromatic carbocycles. The summed E-state index contributed by atoms with van der Waals surface area (Å²) in [7, 11) is 0. The van der Waals surface area contributed by atoms with Crippen LogP contribution in [-0.4, -0.2) is 38.9 Å². The second-order valence-corrected chi connectivity index (χ2v) is 7.86. The highest BCUT2D eigenvalue weighted by Crippen LogP contribution is 2.29. The van der Waals surface area contributed by atoms with Crippen LogP contribution in [0, 0.1) is 5.21 Å². The van der Waals surface area contributed by atoms with Crippen molar-refractivity contribution >= 4 is 33.2 Å². The van der Waals surface area contributed by atoms with Crippen LogP contribution in [0.4, 0.5) is 11.6 Å². The average Bonchev–Trinajstić information content (AvgIpc) is 3.08. The fraction of sp³-hybridized carbons (Fsp3) is 0.421. The third-order valence-electron chi connectivity index (χ3n) is 5.11. The van der Waals surface area contributed by atoms with Crippen molar-refractivity contribution in [1.29, 1.82) is 0 Å². The number of fused-ring (bicyclic) bond motifs is 1. The highest BCUT2D eigenvalue weighted by Gasteiger charge is 2.24. The van der Waals surface area contributed by atoms with E-state index in [9.17, 15) is 10.3 Å². The molecule has 4 heterocycles. The Hall–Kier alpha value is -1.66. The van der Waals surface area contributed by atoms with Crippen LogP contribution in [0.2, 0.25) is 0 Å². The number of anilines is 2. The van der Waals surface area contributed by atoms with Crippen molar-refractivity contribution in [3.8, 4) is 0 Å². The summed E-state index contributed by atoms with van der Waals surface area (Å²) in [6.07, 6.45) is 8.84. The minimum absolute atomic E-state index is 0. The maximum atomic E-state index is 11.5. The van der Waals surface area contributed by atoms with E-state index in [0.717, 1.165) is 57.9 Å². The van der Waals surface area contributed by atoms with Gasteiger partial charge in [-0.05, 0) is 47.7 Å². The largest absolute Gasteiger partial charge is 1.00 e. The minimum atomic E-state index is 0. The van der Waals surface area contributed by atoms with Gasteiger partial charge in [-0.2, -0.15) is 14.3 Å². The predicted octanol–water partition coefficient (Wildman–Crippen LogP) is -0.517. The van der Waals surface area contributed by atoms with E-state index in [1.807, 2.05) is 12.1 Å². The fourth-order valence-corrected chi connectivity index (χ4v) is 4.09. The second-order valence-electron chi connectivity index (χ2n) is 7.01. The zero-order valence-corrected chi connectivity index (χ0v) is 19.6. The topological polar surface area (TPSA) is 92.6 Å². The molecule has 1 saturated heterocycles. The Labute approximate surface area is 194 Å². The first kappa shape index (κ1) is 22.0. The number of aliphatic hydroxyl groups excluding tert-OH is 1. The van der Waals surface area contributed by atoms with Gasteiger partial charge in [-0.3, -0.25) is 0 Å². The molecule has 2 N–H and O–H groups in total. The molecule has 0 bridgehead atoms. The molecule has 29 heavy (non-hydrogen) atoms. The van der Waals surface area contributed by atoms with Crippen LogP contribution in [0.25, 0.3) is 5.65 Å². The van der Waals surface area contributed by atoms with Crippen molar-refractivity contribution < 1.29 is 33.8 Å². The van der Waals surface area contributed by atoms with Crippen molar-refractivity contribution in [2.45, 2.75) is 38.3 Å². The molecule has 0 spiro atoms. The number of halogens is 2. The van der Waals surface area contributed by atoms with Gasteiger partial charge < -0.3 is 44.5 Å². The first-order valence-electron chi connectivity index (χ1n) is 9.49. The van der Waals surface area contributed by atoms with Gasteiger partial charge in [0.1, 0.15) is 11.6 Å². The van der Waals surface area contributed by atoms with Gasteiger partial charge in [0, 0.05) is 43.4 Å². The van der Waals surface area contributed by atoms with Crippen molar-refractivity contribution in [1.82, 2.24) is 14.6 Å². The summed E-state index contributed by atoms with van der Waals surface area (Å²) >= 11 is 3.53. The average molecular weight is 574 g/mol. The van der Waals surface area contributed by atoms with Crippen LogP contribution in [0.5, 0.6) is 0 Å². The van der Waals surface area contributed by atoms with Gasteiger partial charge in [0.25, 0.3) is 0 Å². The number of piperidine rings is 1. The number of nitrogens with zero attached hydrogens (tertiary/aromatic N) is 5. The van der Waals surface area contributed by atoms with Crippen LogP contribution < -0.4 is 38.9 Å². The third-order valence-corrected chi connectivity index (χ3v) is 5.67. The number of aliphatic hydroxyl groups is 1. The summed E-state index contributed by atoms with van der Waals surface area (Å²) in [5.74, 6) is 1.68. The molecule has 0 amide bonds. The molecule has 1 fully saturated rings. The molecule has 1 aliphatic rings. The molecule has 8 nitrogen and oxygen atoms in total. The molecule has 0 saturated carbocycles. The summed E-state index contributed by atoms with van der Waals surface area (Å²) < 4.78 is 3.37. The van der Waals surface area contributed by atoms with E-state index in [1.165, 1.54) is 12.6 Å². The molecule has 3 aromatic rings. The number of hydrogen-bond donors (Lipinski definition) is 2. The number of nitrogens with one attached hydrogen (secondary N) is 1. The zero-order chi connectivity index (χ0) is 19.5. The number of rotatable bonds is 6. The molecule has 1 aliphatic heterocycles. The lowest BCUT2D eigenvalue weighted by atomic mass is 9.99. The molecular formula is C19H23BrIN6O2-. The Kier molecular flexibility index (Phi) is 7.52. The van der Waals surface area contributed by atoms with Crippen LogP contribution in [0.1, 0.15) is 31.2 Å². The Morgan fingerprint density at radius 2 is 2.24 bits per heavy atom. The molecule has 4 rings (SSSR count). The Bertz CT molecular complexity index is 967. The van der Waals surface area contributed by atoms with Crippen molar-refractivity contribution in [2.75, 3.05) is 23.4 Å². The van der Waals surface area contributed by atoms with Crippen molar-refractivity contribution in [3.05, 3.63) is 52.0 Å². The summed E-state index contributed by atoms with van der Waals surface area (Å²) in [5.41, 5.74) is 1.62. The minimum Gasteiger partial charge on any atom is -1.00 e. The van der Waals surface area contributed by atoms with E-state index in [2.05, 4.69) is 31.2 Å².